The van der Waals surface area contributed by atoms with Crippen LogP contribution in [0.15, 0.2) is 30.7 Å². The molecule has 5 nitrogen and oxygen atoms in total. The molecule has 3 heterocycles. The van der Waals surface area contributed by atoms with E-state index in [0.717, 1.165) is 12.3 Å². The molecule has 0 atom stereocenters. The molecule has 8 heteroatoms. The number of rotatable bonds is 1. The van der Waals surface area contributed by atoms with Gasteiger partial charge in [0.05, 0.1) is 5.56 Å². The molecule has 0 N–H and O–H groups in total. The SMILES string of the molecule is Cn1c(-n2cccn2)nc2cc(C(F)(F)F)cnc21. The molecule has 3 rings (SSSR count). The summed E-state index contributed by atoms with van der Waals surface area (Å²) in [6.07, 6.45) is -0.402. The van der Waals surface area contributed by atoms with Gasteiger partial charge in [0.15, 0.2) is 5.65 Å². The van der Waals surface area contributed by atoms with Crippen molar-refractivity contribution in [2.45, 2.75) is 6.18 Å². The Morgan fingerprint density at radius 1 is 1.26 bits per heavy atom. The van der Waals surface area contributed by atoms with Gasteiger partial charge in [-0.3, -0.25) is 4.57 Å². The van der Waals surface area contributed by atoms with Crippen molar-refractivity contribution in [3.8, 4) is 5.95 Å². The molecule has 0 saturated heterocycles. The molecule has 0 bridgehead atoms. The highest BCUT2D eigenvalue weighted by Gasteiger charge is 2.31. The Morgan fingerprint density at radius 2 is 2.05 bits per heavy atom. The second-order valence-electron chi connectivity index (χ2n) is 3.99. The number of aryl methyl sites for hydroxylation is 1. The molecule has 0 aliphatic rings. The largest absolute Gasteiger partial charge is 0.417 e. The van der Waals surface area contributed by atoms with Crippen molar-refractivity contribution in [2.75, 3.05) is 0 Å². The van der Waals surface area contributed by atoms with E-state index in [0.29, 0.717) is 11.6 Å². The van der Waals surface area contributed by atoms with Crippen molar-refractivity contribution in [2.24, 2.45) is 7.05 Å². The van der Waals surface area contributed by atoms with Crippen molar-refractivity contribution in [3.05, 3.63) is 36.3 Å². The number of halogens is 3. The van der Waals surface area contributed by atoms with Gasteiger partial charge in [-0.1, -0.05) is 0 Å². The molecular formula is C11H8F3N5. The van der Waals surface area contributed by atoms with Crippen LogP contribution in [0, 0.1) is 0 Å². The quantitative estimate of drug-likeness (QED) is 0.679. The maximum absolute atomic E-state index is 12.6. The lowest BCUT2D eigenvalue weighted by atomic mass is 10.2. The number of nitrogens with zero attached hydrogens (tertiary/aromatic N) is 5. The van der Waals surface area contributed by atoms with Crippen LogP contribution in [0.5, 0.6) is 0 Å². The molecule has 0 unspecified atom stereocenters. The molecule has 0 aliphatic heterocycles. The van der Waals surface area contributed by atoms with Gasteiger partial charge in [0, 0.05) is 25.6 Å². The van der Waals surface area contributed by atoms with Crippen LogP contribution in [0.25, 0.3) is 17.1 Å². The first-order valence-electron chi connectivity index (χ1n) is 5.36. The first kappa shape index (κ1) is 11.7. The van der Waals surface area contributed by atoms with E-state index in [-0.39, 0.29) is 5.52 Å². The van der Waals surface area contributed by atoms with Crippen LogP contribution in [-0.2, 0) is 13.2 Å². The van der Waals surface area contributed by atoms with Gasteiger partial charge in [-0.05, 0) is 12.1 Å². The predicted molar refractivity (Wildman–Crippen MR) is 60.6 cm³/mol. The summed E-state index contributed by atoms with van der Waals surface area (Å²) in [5.41, 5.74) is -0.258. The number of fused-ring (bicyclic) bond motifs is 1. The number of imidazole rings is 1. The summed E-state index contributed by atoms with van der Waals surface area (Å²) in [7, 11) is 1.67. The Balaban J connectivity index is 2.21. The summed E-state index contributed by atoms with van der Waals surface area (Å²) in [5, 5.41) is 4.00. The molecule has 0 spiro atoms. The second-order valence-corrected chi connectivity index (χ2v) is 3.99. The van der Waals surface area contributed by atoms with Crippen LogP contribution in [0.2, 0.25) is 0 Å². The molecule has 3 aromatic rings. The minimum atomic E-state index is -4.43. The first-order chi connectivity index (χ1) is 8.97. The Morgan fingerprint density at radius 3 is 2.68 bits per heavy atom. The van der Waals surface area contributed by atoms with Gasteiger partial charge in [-0.25, -0.2) is 14.6 Å². The van der Waals surface area contributed by atoms with E-state index in [9.17, 15) is 13.2 Å². The summed E-state index contributed by atoms with van der Waals surface area (Å²) in [5.74, 6) is 0.409. The molecule has 0 fully saturated rings. The van der Waals surface area contributed by atoms with Crippen molar-refractivity contribution < 1.29 is 13.2 Å². The zero-order valence-corrected chi connectivity index (χ0v) is 9.76. The van der Waals surface area contributed by atoms with E-state index >= 15 is 0 Å². The van der Waals surface area contributed by atoms with Gasteiger partial charge in [0.1, 0.15) is 5.52 Å². The van der Waals surface area contributed by atoms with E-state index in [2.05, 4.69) is 15.1 Å². The summed E-state index contributed by atoms with van der Waals surface area (Å²) in [4.78, 5) is 7.95. The molecule has 19 heavy (non-hydrogen) atoms. The number of aromatic nitrogens is 5. The van der Waals surface area contributed by atoms with Gasteiger partial charge in [0.2, 0.25) is 5.95 Å². The highest BCUT2D eigenvalue weighted by Crippen LogP contribution is 2.30. The molecule has 3 aromatic heterocycles. The minimum Gasteiger partial charge on any atom is -0.296 e. The second kappa shape index (κ2) is 3.81. The average molecular weight is 267 g/mol. The smallest absolute Gasteiger partial charge is 0.296 e. The van der Waals surface area contributed by atoms with Gasteiger partial charge in [-0.2, -0.15) is 18.3 Å². The minimum absolute atomic E-state index is 0.183. The van der Waals surface area contributed by atoms with Crippen molar-refractivity contribution in [1.82, 2.24) is 24.3 Å². The average Bonchev–Trinajstić information content (AvgIpc) is 2.96. The fourth-order valence-corrected chi connectivity index (χ4v) is 1.81. The lowest BCUT2D eigenvalue weighted by Crippen LogP contribution is -2.05. The molecular weight excluding hydrogens is 259 g/mol. The Hall–Kier alpha value is -2.38. The Kier molecular flexibility index (Phi) is 2.34. The number of hydrogen-bond donors (Lipinski definition) is 0. The van der Waals surface area contributed by atoms with Crippen LogP contribution in [0.3, 0.4) is 0 Å². The predicted octanol–water partition coefficient (Wildman–Crippen LogP) is 2.17. The zero-order chi connectivity index (χ0) is 13.6. The Bertz CT molecular complexity index is 727. The van der Waals surface area contributed by atoms with E-state index in [4.69, 9.17) is 0 Å². The molecule has 0 radical (unpaired) electrons. The topological polar surface area (TPSA) is 48.5 Å². The Labute approximate surface area is 105 Å². The molecule has 0 amide bonds. The maximum atomic E-state index is 12.6. The van der Waals surface area contributed by atoms with E-state index in [1.165, 1.54) is 4.68 Å². The fraction of sp³-hybridized carbons (Fsp3) is 0.182. The van der Waals surface area contributed by atoms with Crippen LogP contribution < -0.4 is 0 Å². The molecule has 0 saturated carbocycles. The maximum Gasteiger partial charge on any atom is 0.417 e. The first-order valence-corrected chi connectivity index (χ1v) is 5.36. The third kappa shape index (κ3) is 1.85. The summed E-state index contributed by atoms with van der Waals surface area (Å²) in [6, 6.07) is 2.68. The van der Waals surface area contributed by atoms with E-state index in [1.807, 2.05) is 0 Å². The monoisotopic (exact) mass is 267 g/mol. The number of hydrogen-bond acceptors (Lipinski definition) is 3. The number of pyridine rings is 1. The standard InChI is InChI=1S/C11H8F3N5/c1-18-9-8(5-7(6-15-9)11(12,13)14)17-10(18)19-4-2-3-16-19/h2-6H,1H3. The van der Waals surface area contributed by atoms with Crippen LogP contribution >= 0.6 is 0 Å². The third-order valence-corrected chi connectivity index (χ3v) is 2.72. The highest BCUT2D eigenvalue weighted by molar-refractivity contribution is 5.73. The third-order valence-electron chi connectivity index (χ3n) is 2.72. The normalized spacial score (nSPS) is 12.2. The summed E-state index contributed by atoms with van der Waals surface area (Å²) < 4.78 is 40.9. The van der Waals surface area contributed by atoms with Crippen molar-refractivity contribution in [3.63, 3.8) is 0 Å². The fourth-order valence-electron chi connectivity index (χ4n) is 1.81. The van der Waals surface area contributed by atoms with Crippen molar-refractivity contribution >= 4 is 11.2 Å². The lowest BCUT2D eigenvalue weighted by molar-refractivity contribution is -0.137. The zero-order valence-electron chi connectivity index (χ0n) is 9.76. The van der Waals surface area contributed by atoms with Crippen molar-refractivity contribution in [1.29, 1.82) is 0 Å². The van der Waals surface area contributed by atoms with Crippen LogP contribution in [0.4, 0.5) is 13.2 Å². The molecule has 0 aromatic carbocycles. The van der Waals surface area contributed by atoms with Gasteiger partial charge in [-0.15, -0.1) is 0 Å². The molecule has 98 valence electrons. The summed E-state index contributed by atoms with van der Waals surface area (Å²) in [6.45, 7) is 0. The van der Waals surface area contributed by atoms with E-state index in [1.54, 1.807) is 30.1 Å². The highest BCUT2D eigenvalue weighted by atomic mass is 19.4. The number of alkyl halides is 3. The summed E-state index contributed by atoms with van der Waals surface area (Å²) >= 11 is 0. The lowest BCUT2D eigenvalue weighted by Gasteiger charge is -2.05. The van der Waals surface area contributed by atoms with Gasteiger partial charge >= 0.3 is 6.18 Å². The van der Waals surface area contributed by atoms with Crippen LogP contribution in [-0.4, -0.2) is 24.3 Å². The van der Waals surface area contributed by atoms with E-state index < -0.39 is 11.7 Å². The van der Waals surface area contributed by atoms with Gasteiger partial charge < -0.3 is 0 Å². The van der Waals surface area contributed by atoms with Crippen LogP contribution in [0.1, 0.15) is 5.56 Å². The van der Waals surface area contributed by atoms with Gasteiger partial charge in [0.25, 0.3) is 0 Å². The molecule has 0 aliphatic carbocycles.